The molecule has 4 heterocycles. The zero-order valence-corrected chi connectivity index (χ0v) is 20.0. The molecule has 0 spiro atoms. The molecule has 2 aromatic heterocycles. The van der Waals surface area contributed by atoms with Crippen molar-refractivity contribution in [1.82, 2.24) is 20.2 Å². The van der Waals surface area contributed by atoms with E-state index in [1.165, 1.54) is 7.11 Å². The highest BCUT2D eigenvalue weighted by atomic mass is 19.4. The van der Waals surface area contributed by atoms with Crippen molar-refractivity contribution in [3.63, 3.8) is 0 Å². The second-order valence-electron chi connectivity index (χ2n) is 9.02. The second-order valence-corrected chi connectivity index (χ2v) is 9.02. The summed E-state index contributed by atoms with van der Waals surface area (Å²) < 4.78 is 50.5. The molecule has 1 amide bonds. The molecule has 1 N–H and O–H groups in total. The van der Waals surface area contributed by atoms with Crippen LogP contribution in [0.15, 0.2) is 30.6 Å². The molecule has 3 atom stereocenters. The van der Waals surface area contributed by atoms with Crippen molar-refractivity contribution in [3.05, 3.63) is 47.3 Å². The topological polar surface area (TPSA) is 79.8 Å². The molecule has 4 rings (SSSR count). The van der Waals surface area contributed by atoms with Gasteiger partial charge >= 0.3 is 6.18 Å². The van der Waals surface area contributed by atoms with E-state index in [9.17, 15) is 18.0 Å². The summed E-state index contributed by atoms with van der Waals surface area (Å²) in [6.07, 6.45) is -0.387. The van der Waals surface area contributed by atoms with Crippen molar-refractivity contribution in [2.75, 3.05) is 39.3 Å². The number of halogens is 3. The van der Waals surface area contributed by atoms with Crippen molar-refractivity contribution in [3.8, 4) is 5.88 Å². The SMILES string of the molecule is COc1ncc(C(F)(F)F)cc1CNC1CC(c2cccnc2N(C)C)N(C(=O)[C@@H]2CCCO2)C1. The number of hydrogen-bond acceptors (Lipinski definition) is 7. The van der Waals surface area contributed by atoms with Gasteiger partial charge in [0.25, 0.3) is 5.91 Å². The lowest BCUT2D eigenvalue weighted by atomic mass is 10.0. The maximum atomic E-state index is 13.4. The van der Waals surface area contributed by atoms with Gasteiger partial charge in [0.2, 0.25) is 5.88 Å². The Bertz CT molecular complexity index is 1040. The number of aromatic nitrogens is 2. The number of hydrogen-bond donors (Lipinski definition) is 1. The van der Waals surface area contributed by atoms with Crippen LogP contribution in [0.25, 0.3) is 0 Å². The third kappa shape index (κ3) is 5.51. The molecule has 0 radical (unpaired) electrons. The van der Waals surface area contributed by atoms with Crippen LogP contribution in [0, 0.1) is 0 Å². The largest absolute Gasteiger partial charge is 0.481 e. The molecule has 8 nitrogen and oxygen atoms in total. The van der Waals surface area contributed by atoms with E-state index in [0.717, 1.165) is 30.1 Å². The van der Waals surface area contributed by atoms with E-state index in [4.69, 9.17) is 9.47 Å². The van der Waals surface area contributed by atoms with E-state index in [1.54, 1.807) is 6.20 Å². The van der Waals surface area contributed by atoms with Crippen molar-refractivity contribution in [2.45, 2.75) is 50.2 Å². The first-order valence-electron chi connectivity index (χ1n) is 11.6. The summed E-state index contributed by atoms with van der Waals surface area (Å²) in [5.74, 6) is 0.838. The molecule has 2 aromatic rings. The first-order chi connectivity index (χ1) is 16.7. The number of carbonyl (C=O) groups is 1. The average molecular weight is 494 g/mol. The minimum Gasteiger partial charge on any atom is -0.481 e. The fourth-order valence-electron chi connectivity index (χ4n) is 4.74. The van der Waals surface area contributed by atoms with E-state index >= 15 is 0 Å². The van der Waals surface area contributed by atoms with Gasteiger partial charge in [-0.1, -0.05) is 6.07 Å². The number of likely N-dealkylation sites (tertiary alicyclic amines) is 1. The molecular formula is C24H30F3N5O3. The number of nitrogens with one attached hydrogen (secondary N) is 1. The first-order valence-corrected chi connectivity index (χ1v) is 11.6. The van der Waals surface area contributed by atoms with E-state index in [-0.39, 0.29) is 30.4 Å². The number of amides is 1. The first kappa shape index (κ1) is 25.2. The zero-order valence-electron chi connectivity index (χ0n) is 20.0. The maximum absolute atomic E-state index is 13.4. The monoisotopic (exact) mass is 493 g/mol. The summed E-state index contributed by atoms with van der Waals surface area (Å²) >= 11 is 0. The Kier molecular flexibility index (Phi) is 7.46. The van der Waals surface area contributed by atoms with Gasteiger partial charge in [-0.25, -0.2) is 9.97 Å². The molecule has 0 bridgehead atoms. The molecule has 2 aliphatic rings. The van der Waals surface area contributed by atoms with Crippen molar-refractivity contribution < 1.29 is 27.4 Å². The van der Waals surface area contributed by atoms with Crippen molar-refractivity contribution in [1.29, 1.82) is 0 Å². The van der Waals surface area contributed by atoms with Crippen LogP contribution in [0.5, 0.6) is 5.88 Å². The molecule has 2 aliphatic heterocycles. The minimum absolute atomic E-state index is 0.0660. The molecule has 11 heteroatoms. The Morgan fingerprint density at radius 2 is 2.14 bits per heavy atom. The lowest BCUT2D eigenvalue weighted by Crippen LogP contribution is -2.41. The highest BCUT2D eigenvalue weighted by molar-refractivity contribution is 5.82. The maximum Gasteiger partial charge on any atom is 0.417 e. The molecule has 0 saturated carbocycles. The van der Waals surface area contributed by atoms with E-state index in [1.807, 2.05) is 36.0 Å². The summed E-state index contributed by atoms with van der Waals surface area (Å²) in [5.41, 5.74) is 0.394. The van der Waals surface area contributed by atoms with Crippen LogP contribution < -0.4 is 15.0 Å². The van der Waals surface area contributed by atoms with Crippen molar-refractivity contribution in [2.24, 2.45) is 0 Å². The Morgan fingerprint density at radius 3 is 2.80 bits per heavy atom. The van der Waals surface area contributed by atoms with Gasteiger partial charge in [-0.15, -0.1) is 0 Å². The van der Waals surface area contributed by atoms with Crippen LogP contribution in [-0.2, 0) is 22.3 Å². The minimum atomic E-state index is -4.50. The van der Waals surface area contributed by atoms with Gasteiger partial charge < -0.3 is 24.6 Å². The summed E-state index contributed by atoms with van der Waals surface area (Å²) in [6.45, 7) is 1.08. The molecule has 35 heavy (non-hydrogen) atoms. The molecule has 0 aliphatic carbocycles. The molecule has 2 saturated heterocycles. The summed E-state index contributed by atoms with van der Waals surface area (Å²) in [7, 11) is 5.17. The van der Waals surface area contributed by atoms with Crippen LogP contribution >= 0.6 is 0 Å². The number of anilines is 1. The fraction of sp³-hybridized carbons (Fsp3) is 0.542. The number of nitrogens with zero attached hydrogens (tertiary/aromatic N) is 4. The van der Waals surface area contributed by atoms with Crippen molar-refractivity contribution >= 4 is 11.7 Å². The highest BCUT2D eigenvalue weighted by Crippen LogP contribution is 2.38. The number of pyridine rings is 2. The quantitative estimate of drug-likeness (QED) is 0.635. The van der Waals surface area contributed by atoms with Gasteiger partial charge in [-0.2, -0.15) is 13.2 Å². The Balaban J connectivity index is 1.57. The summed E-state index contributed by atoms with van der Waals surface area (Å²) in [4.78, 5) is 25.4. The summed E-state index contributed by atoms with van der Waals surface area (Å²) in [6, 6.07) is 4.46. The number of ether oxygens (including phenoxy) is 2. The predicted octanol–water partition coefficient (Wildman–Crippen LogP) is 3.18. The highest BCUT2D eigenvalue weighted by Gasteiger charge is 2.41. The molecule has 2 unspecified atom stereocenters. The molecular weight excluding hydrogens is 463 g/mol. The molecule has 0 aromatic carbocycles. The number of alkyl halides is 3. The standard InChI is InChI=1S/C24H30F3N5O3/c1-31(2)21-18(6-4-8-28-21)19-11-17(14-32(19)23(33)20-7-5-9-35-20)29-12-15-10-16(24(25,26)27)13-30-22(15)34-3/h4,6,8,10,13,17,19-20,29H,5,7,9,11-12,14H2,1-3H3/t17?,19?,20-/m0/s1. The third-order valence-electron chi connectivity index (χ3n) is 6.42. The summed E-state index contributed by atoms with van der Waals surface area (Å²) in [5, 5.41) is 3.32. The van der Waals surface area contributed by atoms with E-state index in [0.29, 0.717) is 31.6 Å². The normalized spacial score (nSPS) is 22.5. The van der Waals surface area contributed by atoms with Crippen LogP contribution in [0.2, 0.25) is 0 Å². The predicted molar refractivity (Wildman–Crippen MR) is 123 cm³/mol. The lowest BCUT2D eigenvalue weighted by molar-refractivity contribution is -0.142. The smallest absolute Gasteiger partial charge is 0.417 e. The fourth-order valence-corrected chi connectivity index (χ4v) is 4.74. The Hall–Kier alpha value is -2.92. The second kappa shape index (κ2) is 10.4. The Labute approximate surface area is 202 Å². The molecule has 2 fully saturated rings. The lowest BCUT2D eigenvalue weighted by Gasteiger charge is -2.29. The van der Waals surface area contributed by atoms with Gasteiger partial charge in [-0.3, -0.25) is 4.79 Å². The Morgan fingerprint density at radius 1 is 1.34 bits per heavy atom. The van der Waals surface area contributed by atoms with Gasteiger partial charge in [0.1, 0.15) is 11.9 Å². The third-order valence-corrected chi connectivity index (χ3v) is 6.42. The number of rotatable bonds is 7. The average Bonchev–Trinajstić information content (AvgIpc) is 3.52. The zero-order chi connectivity index (χ0) is 25.2. The van der Waals surface area contributed by atoms with Crippen LogP contribution in [0.4, 0.5) is 19.0 Å². The van der Waals surface area contributed by atoms with Gasteiger partial charge in [0.15, 0.2) is 0 Å². The van der Waals surface area contributed by atoms with Crippen LogP contribution in [0.3, 0.4) is 0 Å². The van der Waals surface area contributed by atoms with Gasteiger partial charge in [0, 0.05) is 63.4 Å². The van der Waals surface area contributed by atoms with E-state index in [2.05, 4.69) is 15.3 Å². The van der Waals surface area contributed by atoms with E-state index < -0.39 is 17.8 Å². The van der Waals surface area contributed by atoms with Crippen LogP contribution in [-0.4, -0.2) is 67.3 Å². The number of carbonyl (C=O) groups excluding carboxylic acids is 1. The van der Waals surface area contributed by atoms with Crippen LogP contribution in [0.1, 0.15) is 42.0 Å². The number of methoxy groups -OCH3 is 1. The van der Waals surface area contributed by atoms with Gasteiger partial charge in [0.05, 0.1) is 18.7 Å². The van der Waals surface area contributed by atoms with Gasteiger partial charge in [-0.05, 0) is 31.4 Å². The molecule has 190 valence electrons.